The molecule has 216 valence electrons. The van der Waals surface area contributed by atoms with E-state index in [1.807, 2.05) is 105 Å². The first kappa shape index (κ1) is 31.5. The average molecular weight is 624 g/mol. The van der Waals surface area contributed by atoms with Crippen LogP contribution in [0.1, 0.15) is 36.9 Å². The van der Waals surface area contributed by atoms with Crippen LogP contribution >= 0.6 is 34.3 Å². The highest BCUT2D eigenvalue weighted by molar-refractivity contribution is 7.18. The summed E-state index contributed by atoms with van der Waals surface area (Å²) < 4.78 is 0. The molecule has 8 heteroatoms. The van der Waals surface area contributed by atoms with Crippen molar-refractivity contribution in [3.63, 3.8) is 0 Å². The molecule has 0 fully saturated rings. The van der Waals surface area contributed by atoms with Gasteiger partial charge in [-0.25, -0.2) is 9.97 Å². The lowest BCUT2D eigenvalue weighted by atomic mass is 10.1. The van der Waals surface area contributed by atoms with Crippen LogP contribution in [0, 0.1) is 13.8 Å². The molecule has 0 aliphatic carbocycles. The van der Waals surface area contributed by atoms with Gasteiger partial charge in [0.2, 0.25) is 0 Å². The highest BCUT2D eigenvalue weighted by atomic mass is 35.5. The minimum Gasteiger partial charge on any atom is -0.375 e. The first-order valence-corrected chi connectivity index (χ1v) is 15.4. The van der Waals surface area contributed by atoms with Crippen molar-refractivity contribution in [1.82, 2.24) is 9.97 Å². The fourth-order valence-electron chi connectivity index (χ4n) is 3.98. The largest absolute Gasteiger partial charge is 0.375 e. The smallest absolute Gasteiger partial charge is 0.252 e. The minimum absolute atomic E-state index is 0.118. The van der Waals surface area contributed by atoms with Crippen LogP contribution in [0.4, 0.5) is 5.13 Å². The number of ketones is 1. The zero-order valence-corrected chi connectivity index (χ0v) is 26.1. The zero-order valence-electron chi connectivity index (χ0n) is 23.7. The Morgan fingerprint density at radius 1 is 0.674 bits per heavy atom. The number of benzene rings is 4. The van der Waals surface area contributed by atoms with Crippen molar-refractivity contribution in [2.45, 2.75) is 20.3 Å². The van der Waals surface area contributed by atoms with Crippen LogP contribution in [0.2, 0.25) is 0 Å². The summed E-state index contributed by atoms with van der Waals surface area (Å²) in [6.45, 7) is 3.91. The molecule has 0 unspecified atom stereocenters. The monoisotopic (exact) mass is 623 g/mol. The molecule has 6 rings (SSSR count). The molecule has 0 aliphatic rings. The molecule has 0 saturated heterocycles. The molecule has 5 nitrogen and oxygen atoms in total. The number of aryl methyl sites for hydroxylation is 2. The van der Waals surface area contributed by atoms with Crippen molar-refractivity contribution in [3.8, 4) is 20.9 Å². The van der Waals surface area contributed by atoms with Crippen LogP contribution in [-0.4, -0.2) is 21.0 Å². The Bertz CT molecular complexity index is 1780. The van der Waals surface area contributed by atoms with Crippen LogP contribution in [0.15, 0.2) is 122 Å². The van der Waals surface area contributed by atoms with Gasteiger partial charge in [-0.05, 0) is 48.7 Å². The van der Waals surface area contributed by atoms with E-state index in [9.17, 15) is 9.59 Å². The number of aromatic nitrogens is 2. The summed E-state index contributed by atoms with van der Waals surface area (Å²) in [5.74, 6) is 0.118. The fourth-order valence-corrected chi connectivity index (χ4v) is 5.71. The van der Waals surface area contributed by atoms with Gasteiger partial charge in [-0.2, -0.15) is 0 Å². The summed E-state index contributed by atoms with van der Waals surface area (Å²) in [5.41, 5.74) is 11.3. The number of nitrogens with zero attached hydrogens (tertiary/aromatic N) is 2. The van der Waals surface area contributed by atoms with Crippen molar-refractivity contribution in [2.24, 2.45) is 0 Å². The molecular weight excluding hydrogens is 594 g/mol. The summed E-state index contributed by atoms with van der Waals surface area (Å²) in [6.07, 6.45) is 4.01. The van der Waals surface area contributed by atoms with Gasteiger partial charge in [0.05, 0.1) is 16.2 Å². The molecular formula is C35H30ClN3O2S2. The Balaban J connectivity index is 0.000000163. The zero-order chi connectivity index (χ0) is 30.6. The normalized spacial score (nSPS) is 10.1. The molecule has 43 heavy (non-hydrogen) atoms. The van der Waals surface area contributed by atoms with Crippen molar-refractivity contribution < 1.29 is 9.59 Å². The van der Waals surface area contributed by atoms with Crippen molar-refractivity contribution >= 4 is 50.4 Å². The number of hydrogen-bond donors (Lipinski definition) is 1. The lowest BCUT2D eigenvalue weighted by Crippen LogP contribution is -2.03. The minimum atomic E-state index is -0.399. The van der Waals surface area contributed by atoms with E-state index in [1.54, 1.807) is 29.7 Å². The van der Waals surface area contributed by atoms with Crippen LogP contribution < -0.4 is 5.73 Å². The Morgan fingerprint density at radius 2 is 1.19 bits per heavy atom. The third-order valence-electron chi connectivity index (χ3n) is 6.09. The molecule has 0 bridgehead atoms. The lowest BCUT2D eigenvalue weighted by Gasteiger charge is -2.00. The third kappa shape index (κ3) is 9.82. The van der Waals surface area contributed by atoms with E-state index in [4.69, 9.17) is 17.3 Å². The Hall–Kier alpha value is -4.43. The molecule has 0 aliphatic heterocycles. The second-order valence-corrected chi connectivity index (χ2v) is 12.0. The summed E-state index contributed by atoms with van der Waals surface area (Å²) in [6, 6.07) is 35.1. The highest BCUT2D eigenvalue weighted by Gasteiger charge is 2.11. The van der Waals surface area contributed by atoms with Crippen molar-refractivity contribution in [1.29, 1.82) is 0 Å². The first-order valence-electron chi connectivity index (χ1n) is 13.4. The van der Waals surface area contributed by atoms with Gasteiger partial charge >= 0.3 is 0 Å². The molecule has 0 radical (unpaired) electrons. The van der Waals surface area contributed by atoms with Gasteiger partial charge in [0.25, 0.3) is 5.24 Å². The van der Waals surface area contributed by atoms with Crippen LogP contribution in [-0.2, 0) is 6.42 Å². The molecule has 0 amide bonds. The van der Waals surface area contributed by atoms with E-state index in [0.717, 1.165) is 37.0 Å². The van der Waals surface area contributed by atoms with Gasteiger partial charge in [0, 0.05) is 23.5 Å². The van der Waals surface area contributed by atoms with Gasteiger partial charge in [0.1, 0.15) is 5.01 Å². The predicted molar refractivity (Wildman–Crippen MR) is 180 cm³/mol. The number of nitrogens with two attached hydrogens (primary N) is 1. The summed E-state index contributed by atoms with van der Waals surface area (Å²) in [7, 11) is 0. The summed E-state index contributed by atoms with van der Waals surface area (Å²) >= 11 is 8.32. The number of Topliss-reactive ketones (excluding diaryl/α,β-unsaturated/α-hetero) is 1. The Kier molecular flexibility index (Phi) is 11.5. The van der Waals surface area contributed by atoms with Crippen molar-refractivity contribution in [3.05, 3.63) is 149 Å². The van der Waals surface area contributed by atoms with Gasteiger partial charge in [-0.15, -0.1) is 11.3 Å². The van der Waals surface area contributed by atoms with Gasteiger partial charge < -0.3 is 5.73 Å². The first-order chi connectivity index (χ1) is 20.8. The number of carbonyl (C=O) groups excluding carboxylic acids is 2. The second-order valence-electron chi connectivity index (χ2n) is 9.53. The molecule has 2 aromatic heterocycles. The van der Waals surface area contributed by atoms with Crippen LogP contribution in [0.3, 0.4) is 0 Å². The number of thiazole rings is 2. The van der Waals surface area contributed by atoms with Crippen LogP contribution in [0.25, 0.3) is 20.9 Å². The molecule has 6 aromatic rings. The van der Waals surface area contributed by atoms with Gasteiger partial charge in [-0.3, -0.25) is 9.59 Å². The fraction of sp³-hybridized carbons (Fsp3) is 0.0857. The number of halogens is 1. The number of rotatable bonds is 6. The molecule has 2 heterocycles. The lowest BCUT2D eigenvalue weighted by molar-refractivity contribution is 0.0992. The Labute approximate surface area is 264 Å². The SMILES string of the molecule is Cc1cccc(C(=O)Cc2ncc(-c3ccccc3)s2)c1.Cc1cccc(C(=O)Cl)c1.Nc1ncc(-c2ccccc2)s1. The van der Waals surface area contributed by atoms with Crippen molar-refractivity contribution in [2.75, 3.05) is 5.73 Å². The average Bonchev–Trinajstić information content (AvgIpc) is 3.68. The number of carbonyl (C=O) groups is 2. The van der Waals surface area contributed by atoms with E-state index in [-0.39, 0.29) is 5.78 Å². The molecule has 0 atom stereocenters. The van der Waals surface area contributed by atoms with Crippen LogP contribution in [0.5, 0.6) is 0 Å². The number of nitrogen functional groups attached to an aromatic ring is 1. The maximum Gasteiger partial charge on any atom is 0.252 e. The highest BCUT2D eigenvalue weighted by Crippen LogP contribution is 2.27. The van der Waals surface area contributed by atoms with E-state index in [1.165, 1.54) is 16.9 Å². The topological polar surface area (TPSA) is 85.9 Å². The maximum atomic E-state index is 12.3. The predicted octanol–water partition coefficient (Wildman–Crippen LogP) is 9.31. The standard InChI is InChI=1S/C18H15NOS.C9H8N2S.C8H7ClO/c1-13-6-5-9-15(10-13)16(20)11-18-19-12-17(21-18)14-7-3-2-4-8-14;10-9-11-6-8(12-9)7-4-2-1-3-5-7;1-6-3-2-4-7(5-6)8(9)10/h2-10,12H,11H2,1H3;1-6H,(H2,10,11);2-5H,1H3. The third-order valence-corrected chi connectivity index (χ3v) is 8.23. The quantitative estimate of drug-likeness (QED) is 0.148. The summed E-state index contributed by atoms with van der Waals surface area (Å²) in [5, 5.41) is 1.08. The van der Waals surface area contributed by atoms with Gasteiger partial charge in [-0.1, -0.05) is 120 Å². The molecule has 0 spiro atoms. The number of hydrogen-bond acceptors (Lipinski definition) is 7. The van der Waals surface area contributed by atoms with E-state index < -0.39 is 5.24 Å². The second kappa shape index (κ2) is 15.7. The summed E-state index contributed by atoms with van der Waals surface area (Å²) in [4.78, 5) is 33.4. The van der Waals surface area contributed by atoms with Gasteiger partial charge in [0.15, 0.2) is 10.9 Å². The van der Waals surface area contributed by atoms with E-state index in [0.29, 0.717) is 17.1 Å². The molecule has 2 N–H and O–H groups in total. The van der Waals surface area contributed by atoms with E-state index >= 15 is 0 Å². The Morgan fingerprint density at radius 3 is 1.67 bits per heavy atom. The maximum absolute atomic E-state index is 12.3. The molecule has 0 saturated carbocycles. The number of anilines is 1. The van der Waals surface area contributed by atoms with E-state index in [2.05, 4.69) is 22.1 Å². The molecule has 4 aromatic carbocycles.